The van der Waals surface area contributed by atoms with Crippen molar-refractivity contribution in [2.45, 2.75) is 4.90 Å². The zero-order chi connectivity index (χ0) is 15.8. The summed E-state index contributed by atoms with van der Waals surface area (Å²) in [7, 11) is -4.07. The second kappa shape index (κ2) is 6.10. The molecule has 2 aromatic rings. The highest BCUT2D eigenvalue weighted by atomic mass is 35.5. The first-order valence-electron chi connectivity index (χ1n) is 5.43. The Morgan fingerprint density at radius 1 is 0.952 bits per heavy atom. The summed E-state index contributed by atoms with van der Waals surface area (Å²) in [6, 6.07) is 7.15. The molecule has 0 saturated heterocycles. The van der Waals surface area contributed by atoms with Crippen LogP contribution in [0.2, 0.25) is 20.1 Å². The van der Waals surface area contributed by atoms with Crippen molar-refractivity contribution in [2.75, 3.05) is 10.5 Å². The van der Waals surface area contributed by atoms with Crippen molar-refractivity contribution in [3.8, 4) is 0 Å². The molecule has 0 fully saturated rings. The average Bonchev–Trinajstić information content (AvgIpc) is 2.32. The Bertz CT molecular complexity index is 766. The second-order valence-electron chi connectivity index (χ2n) is 4.01. The number of hydrogen-bond donors (Lipinski definition) is 2. The molecule has 0 saturated carbocycles. The zero-order valence-electron chi connectivity index (χ0n) is 10.2. The van der Waals surface area contributed by atoms with E-state index in [9.17, 15) is 8.42 Å². The highest BCUT2D eigenvalue weighted by Gasteiger charge is 2.24. The maximum atomic E-state index is 12.4. The summed E-state index contributed by atoms with van der Waals surface area (Å²) in [5, 5.41) is 0.423. The average molecular weight is 386 g/mol. The van der Waals surface area contributed by atoms with Crippen LogP contribution in [0.15, 0.2) is 35.2 Å². The first-order chi connectivity index (χ1) is 9.72. The predicted octanol–water partition coefficient (Wildman–Crippen LogP) is 4.68. The Hall–Kier alpha value is -0.850. The largest absolute Gasteiger partial charge is 0.398 e. The van der Waals surface area contributed by atoms with E-state index in [1.807, 2.05) is 0 Å². The quantitative estimate of drug-likeness (QED) is 0.753. The lowest BCUT2D eigenvalue weighted by Gasteiger charge is -2.14. The summed E-state index contributed by atoms with van der Waals surface area (Å²) < 4.78 is 27.1. The van der Waals surface area contributed by atoms with E-state index < -0.39 is 10.0 Å². The van der Waals surface area contributed by atoms with Gasteiger partial charge in [0.15, 0.2) is 0 Å². The molecule has 0 heterocycles. The van der Waals surface area contributed by atoms with E-state index in [1.165, 1.54) is 24.3 Å². The number of para-hydroxylation sites is 1. The molecular formula is C12H8Cl4N2O2S. The van der Waals surface area contributed by atoms with Crippen LogP contribution in [0.5, 0.6) is 0 Å². The summed E-state index contributed by atoms with van der Waals surface area (Å²) in [5.41, 5.74) is 5.65. The van der Waals surface area contributed by atoms with Crippen LogP contribution in [0.4, 0.5) is 11.4 Å². The number of benzene rings is 2. The molecule has 2 aromatic carbocycles. The molecule has 21 heavy (non-hydrogen) atoms. The number of rotatable bonds is 3. The van der Waals surface area contributed by atoms with Crippen LogP contribution < -0.4 is 10.5 Å². The van der Waals surface area contributed by atoms with E-state index in [0.717, 1.165) is 0 Å². The summed E-state index contributed by atoms with van der Waals surface area (Å²) in [5.74, 6) is 0. The van der Waals surface area contributed by atoms with Gasteiger partial charge in [-0.25, -0.2) is 8.42 Å². The number of nitrogens with two attached hydrogens (primary N) is 1. The molecule has 4 nitrogen and oxygen atoms in total. The van der Waals surface area contributed by atoms with Gasteiger partial charge >= 0.3 is 0 Å². The fourth-order valence-electron chi connectivity index (χ4n) is 1.64. The van der Waals surface area contributed by atoms with Gasteiger partial charge in [-0.3, -0.25) is 4.72 Å². The molecule has 9 heteroatoms. The smallest absolute Gasteiger partial charge is 0.265 e. The van der Waals surface area contributed by atoms with Gasteiger partial charge in [-0.2, -0.15) is 0 Å². The molecule has 0 aliphatic heterocycles. The molecular weight excluding hydrogens is 378 g/mol. The fraction of sp³-hybridized carbons (Fsp3) is 0. The van der Waals surface area contributed by atoms with Crippen molar-refractivity contribution in [3.05, 3.63) is 50.4 Å². The summed E-state index contributed by atoms with van der Waals surface area (Å²) in [4.78, 5) is -0.287. The monoisotopic (exact) mass is 384 g/mol. The van der Waals surface area contributed by atoms with Crippen molar-refractivity contribution in [3.63, 3.8) is 0 Å². The van der Waals surface area contributed by atoms with Crippen molar-refractivity contribution in [2.24, 2.45) is 0 Å². The van der Waals surface area contributed by atoms with E-state index in [2.05, 4.69) is 4.72 Å². The summed E-state index contributed by atoms with van der Waals surface area (Å²) in [6.07, 6.45) is 0. The molecule has 0 amide bonds. The Morgan fingerprint density at radius 3 is 2.05 bits per heavy atom. The lowest BCUT2D eigenvalue weighted by Crippen LogP contribution is -2.16. The van der Waals surface area contributed by atoms with E-state index in [-0.39, 0.29) is 36.4 Å². The standard InChI is InChI=1S/C12H8Cl4N2O2S/c13-6-4-9(16)12(10(17)5-6)21(19,20)18-11-7(14)2-1-3-8(11)15/h1-5,18H,17H2. The minimum atomic E-state index is -4.07. The highest BCUT2D eigenvalue weighted by molar-refractivity contribution is 7.93. The second-order valence-corrected chi connectivity index (χ2v) is 7.29. The van der Waals surface area contributed by atoms with Gasteiger partial charge in [0.05, 0.1) is 26.4 Å². The Balaban J connectivity index is 2.54. The minimum absolute atomic E-state index is 0.0475. The number of halogens is 4. The maximum absolute atomic E-state index is 12.4. The lowest BCUT2D eigenvalue weighted by molar-refractivity contribution is 0.601. The van der Waals surface area contributed by atoms with Gasteiger partial charge in [0.1, 0.15) is 4.90 Å². The topological polar surface area (TPSA) is 72.2 Å². The van der Waals surface area contributed by atoms with Crippen molar-refractivity contribution < 1.29 is 8.42 Å². The molecule has 112 valence electrons. The van der Waals surface area contributed by atoms with E-state index >= 15 is 0 Å². The Labute approximate surface area is 141 Å². The zero-order valence-corrected chi connectivity index (χ0v) is 14.0. The molecule has 0 aliphatic rings. The normalized spacial score (nSPS) is 11.4. The Kier molecular flexibility index (Phi) is 4.80. The molecule has 0 bridgehead atoms. The van der Waals surface area contributed by atoms with E-state index in [1.54, 1.807) is 6.07 Å². The van der Waals surface area contributed by atoms with Gasteiger partial charge in [-0.1, -0.05) is 52.5 Å². The van der Waals surface area contributed by atoms with Crippen LogP contribution in [-0.2, 0) is 10.0 Å². The van der Waals surface area contributed by atoms with Crippen molar-refractivity contribution in [1.29, 1.82) is 0 Å². The molecule has 0 spiro atoms. The SMILES string of the molecule is Nc1cc(Cl)cc(Cl)c1S(=O)(=O)Nc1c(Cl)cccc1Cl. The van der Waals surface area contributed by atoms with Gasteiger partial charge in [-0.15, -0.1) is 0 Å². The number of nitrogens with one attached hydrogen (secondary N) is 1. The van der Waals surface area contributed by atoms with Crippen LogP contribution in [0, 0.1) is 0 Å². The third-order valence-electron chi connectivity index (χ3n) is 2.51. The van der Waals surface area contributed by atoms with E-state index in [4.69, 9.17) is 52.1 Å². The molecule has 3 N–H and O–H groups in total. The van der Waals surface area contributed by atoms with Crippen LogP contribution in [0.3, 0.4) is 0 Å². The number of hydrogen-bond acceptors (Lipinski definition) is 3. The van der Waals surface area contributed by atoms with E-state index in [0.29, 0.717) is 0 Å². The van der Waals surface area contributed by atoms with Gasteiger partial charge in [-0.05, 0) is 24.3 Å². The minimum Gasteiger partial charge on any atom is -0.398 e. The third-order valence-corrected chi connectivity index (χ3v) is 5.23. The molecule has 0 radical (unpaired) electrons. The summed E-state index contributed by atoms with van der Waals surface area (Å²) >= 11 is 23.5. The molecule has 2 rings (SSSR count). The lowest BCUT2D eigenvalue weighted by atomic mass is 10.3. The van der Waals surface area contributed by atoms with Crippen molar-refractivity contribution in [1.82, 2.24) is 0 Å². The molecule has 0 atom stereocenters. The van der Waals surface area contributed by atoms with Crippen LogP contribution in [0.1, 0.15) is 0 Å². The van der Waals surface area contributed by atoms with Crippen molar-refractivity contribution >= 4 is 67.8 Å². The molecule has 0 unspecified atom stereocenters. The van der Waals surface area contributed by atoms with Gasteiger partial charge in [0.2, 0.25) is 0 Å². The first-order valence-corrected chi connectivity index (χ1v) is 8.43. The van der Waals surface area contributed by atoms with Gasteiger partial charge in [0, 0.05) is 5.02 Å². The number of sulfonamides is 1. The van der Waals surface area contributed by atoms with Crippen LogP contribution >= 0.6 is 46.4 Å². The van der Waals surface area contributed by atoms with Gasteiger partial charge < -0.3 is 5.73 Å². The predicted molar refractivity (Wildman–Crippen MR) is 88.1 cm³/mol. The first kappa shape index (κ1) is 16.5. The maximum Gasteiger partial charge on any atom is 0.265 e. The van der Waals surface area contributed by atoms with Gasteiger partial charge in [0.25, 0.3) is 10.0 Å². The number of nitrogen functional groups attached to an aromatic ring is 1. The van der Waals surface area contributed by atoms with Crippen LogP contribution in [-0.4, -0.2) is 8.42 Å². The third kappa shape index (κ3) is 3.49. The van der Waals surface area contributed by atoms with Crippen LogP contribution in [0.25, 0.3) is 0 Å². The molecule has 0 aromatic heterocycles. The molecule has 0 aliphatic carbocycles. The highest BCUT2D eigenvalue weighted by Crippen LogP contribution is 2.36. The summed E-state index contributed by atoms with van der Waals surface area (Å²) in [6.45, 7) is 0. The Morgan fingerprint density at radius 2 is 1.52 bits per heavy atom. The number of anilines is 2. The fourth-order valence-corrected chi connectivity index (χ4v) is 4.34.